The lowest BCUT2D eigenvalue weighted by Crippen LogP contribution is -2.37. The first-order valence-corrected chi connectivity index (χ1v) is 6.56. The van der Waals surface area contributed by atoms with Gasteiger partial charge in [-0.3, -0.25) is 0 Å². The van der Waals surface area contributed by atoms with Crippen LogP contribution in [-0.4, -0.2) is 30.3 Å². The van der Waals surface area contributed by atoms with Crippen LogP contribution in [0.4, 0.5) is 0 Å². The number of halogens is 1. The summed E-state index contributed by atoms with van der Waals surface area (Å²) in [7, 11) is -3.50. The minimum atomic E-state index is -3.50. The lowest BCUT2D eigenvalue weighted by Gasteiger charge is -2.18. The molecule has 86 valence electrons. The Hall–Kier alpha value is -0.590. The normalized spacial score (nSPS) is 16.2. The molecule has 0 radical (unpaired) electrons. The number of aromatic nitrogens is 2. The SMILES string of the molecule is CC(CCl)C(C)NS(=O)(=O)c1cnc[nH]1. The first-order valence-electron chi connectivity index (χ1n) is 4.54. The van der Waals surface area contributed by atoms with Gasteiger partial charge in [-0.15, -0.1) is 11.6 Å². The van der Waals surface area contributed by atoms with Crippen molar-refractivity contribution in [2.45, 2.75) is 24.9 Å². The summed E-state index contributed by atoms with van der Waals surface area (Å²) in [4.78, 5) is 6.21. The molecule has 2 N–H and O–H groups in total. The number of imidazole rings is 1. The van der Waals surface area contributed by atoms with E-state index in [1.165, 1.54) is 12.5 Å². The number of hydrogen-bond donors (Lipinski definition) is 2. The van der Waals surface area contributed by atoms with Gasteiger partial charge >= 0.3 is 0 Å². The fourth-order valence-corrected chi connectivity index (χ4v) is 2.47. The zero-order chi connectivity index (χ0) is 11.5. The predicted molar refractivity (Wildman–Crippen MR) is 58.3 cm³/mol. The van der Waals surface area contributed by atoms with Crippen LogP contribution < -0.4 is 4.72 Å². The highest BCUT2D eigenvalue weighted by Gasteiger charge is 2.21. The second kappa shape index (κ2) is 4.96. The van der Waals surface area contributed by atoms with E-state index in [-0.39, 0.29) is 17.0 Å². The molecule has 0 aliphatic carbocycles. The number of nitrogens with zero attached hydrogens (tertiary/aromatic N) is 1. The van der Waals surface area contributed by atoms with Crippen molar-refractivity contribution in [3.63, 3.8) is 0 Å². The molecule has 7 heteroatoms. The highest BCUT2D eigenvalue weighted by atomic mass is 35.5. The maximum absolute atomic E-state index is 11.7. The van der Waals surface area contributed by atoms with Crippen molar-refractivity contribution in [2.24, 2.45) is 5.92 Å². The number of H-pyrrole nitrogens is 1. The number of hydrogen-bond acceptors (Lipinski definition) is 3. The molecule has 1 aromatic rings. The molecule has 0 amide bonds. The highest BCUT2D eigenvalue weighted by molar-refractivity contribution is 7.89. The Morgan fingerprint density at radius 3 is 2.73 bits per heavy atom. The summed E-state index contributed by atoms with van der Waals surface area (Å²) < 4.78 is 25.9. The molecule has 0 saturated carbocycles. The Kier molecular flexibility index (Phi) is 4.12. The van der Waals surface area contributed by atoms with Crippen LogP contribution in [0.15, 0.2) is 17.6 Å². The largest absolute Gasteiger partial charge is 0.335 e. The van der Waals surface area contributed by atoms with Gasteiger partial charge in [0, 0.05) is 11.9 Å². The summed E-state index contributed by atoms with van der Waals surface area (Å²) in [6.07, 6.45) is 2.59. The monoisotopic (exact) mass is 251 g/mol. The molecule has 2 unspecified atom stereocenters. The fourth-order valence-electron chi connectivity index (χ4n) is 0.948. The second-order valence-electron chi connectivity index (χ2n) is 3.46. The number of aromatic amines is 1. The molecule has 5 nitrogen and oxygen atoms in total. The van der Waals surface area contributed by atoms with E-state index in [4.69, 9.17) is 11.6 Å². The van der Waals surface area contributed by atoms with Gasteiger partial charge in [-0.2, -0.15) is 0 Å². The Morgan fingerprint density at radius 1 is 1.60 bits per heavy atom. The van der Waals surface area contributed by atoms with Gasteiger partial charge in [0.1, 0.15) is 0 Å². The molecule has 0 fully saturated rings. The minimum absolute atomic E-state index is 0.0659. The van der Waals surface area contributed by atoms with Crippen LogP contribution in [0.5, 0.6) is 0 Å². The van der Waals surface area contributed by atoms with Gasteiger partial charge in [0.2, 0.25) is 0 Å². The van der Waals surface area contributed by atoms with E-state index >= 15 is 0 Å². The van der Waals surface area contributed by atoms with Crippen molar-refractivity contribution < 1.29 is 8.42 Å². The molecule has 2 atom stereocenters. The number of rotatable bonds is 5. The summed E-state index contributed by atoms with van der Waals surface area (Å²) >= 11 is 5.65. The maximum Gasteiger partial charge on any atom is 0.257 e. The van der Waals surface area contributed by atoms with E-state index in [0.717, 1.165) is 0 Å². The van der Waals surface area contributed by atoms with Crippen molar-refractivity contribution >= 4 is 21.6 Å². The third-order valence-electron chi connectivity index (χ3n) is 2.20. The van der Waals surface area contributed by atoms with E-state index in [2.05, 4.69) is 14.7 Å². The molecule has 0 spiro atoms. The summed E-state index contributed by atoms with van der Waals surface area (Å²) in [6.45, 7) is 3.66. The van der Waals surface area contributed by atoms with E-state index < -0.39 is 10.0 Å². The Labute approximate surface area is 94.3 Å². The van der Waals surface area contributed by atoms with Crippen LogP contribution in [0.25, 0.3) is 0 Å². The molecule has 1 aromatic heterocycles. The van der Waals surface area contributed by atoms with Gasteiger partial charge < -0.3 is 4.98 Å². The van der Waals surface area contributed by atoms with Crippen LogP contribution in [0, 0.1) is 5.92 Å². The summed E-state index contributed by atoms with van der Waals surface area (Å²) in [5.74, 6) is 0.483. The van der Waals surface area contributed by atoms with Gasteiger partial charge in [0.25, 0.3) is 10.0 Å². The standard InChI is InChI=1S/C8H14ClN3O2S/c1-6(3-9)7(2)12-15(13,14)8-4-10-5-11-8/h4-7,12H,3H2,1-2H3,(H,10,11). The molecule has 1 rings (SSSR count). The zero-order valence-corrected chi connectivity index (χ0v) is 10.1. The Morgan fingerprint density at radius 2 is 2.27 bits per heavy atom. The van der Waals surface area contributed by atoms with Crippen LogP contribution >= 0.6 is 11.6 Å². The van der Waals surface area contributed by atoms with Crippen LogP contribution in [0.2, 0.25) is 0 Å². The van der Waals surface area contributed by atoms with E-state index in [9.17, 15) is 8.42 Å². The average molecular weight is 252 g/mol. The van der Waals surface area contributed by atoms with E-state index in [1.807, 2.05) is 6.92 Å². The molecular formula is C8H14ClN3O2S. The molecule has 0 bridgehead atoms. The van der Waals surface area contributed by atoms with Gasteiger partial charge in [-0.25, -0.2) is 18.1 Å². The van der Waals surface area contributed by atoms with Gasteiger partial charge in [0.05, 0.1) is 12.5 Å². The van der Waals surface area contributed by atoms with E-state index in [1.54, 1.807) is 6.92 Å². The van der Waals surface area contributed by atoms with Crippen LogP contribution in [-0.2, 0) is 10.0 Å². The van der Waals surface area contributed by atoms with Crippen LogP contribution in [0.1, 0.15) is 13.8 Å². The Balaban J connectivity index is 2.74. The summed E-state index contributed by atoms with van der Waals surface area (Å²) in [5.41, 5.74) is 0. The highest BCUT2D eigenvalue weighted by Crippen LogP contribution is 2.09. The zero-order valence-electron chi connectivity index (χ0n) is 8.57. The lowest BCUT2D eigenvalue weighted by atomic mass is 10.1. The second-order valence-corrected chi connectivity index (χ2v) is 5.45. The molecule has 1 heterocycles. The molecule has 0 aliphatic heterocycles. The number of sulfonamides is 1. The van der Waals surface area contributed by atoms with E-state index in [0.29, 0.717) is 5.88 Å². The van der Waals surface area contributed by atoms with Gasteiger partial charge in [0.15, 0.2) is 5.03 Å². The maximum atomic E-state index is 11.7. The Bertz CT molecular complexity index is 390. The van der Waals surface area contributed by atoms with Gasteiger partial charge in [-0.05, 0) is 12.8 Å². The number of nitrogens with one attached hydrogen (secondary N) is 2. The van der Waals surface area contributed by atoms with Crippen LogP contribution in [0.3, 0.4) is 0 Å². The van der Waals surface area contributed by atoms with Gasteiger partial charge in [-0.1, -0.05) is 6.92 Å². The predicted octanol–water partition coefficient (Wildman–Crippen LogP) is 0.951. The first kappa shape index (κ1) is 12.5. The number of alkyl halides is 1. The van der Waals surface area contributed by atoms with Crippen molar-refractivity contribution in [3.8, 4) is 0 Å². The third-order valence-corrected chi connectivity index (χ3v) is 4.17. The van der Waals surface area contributed by atoms with Crippen molar-refractivity contribution in [1.29, 1.82) is 0 Å². The molecular weight excluding hydrogens is 238 g/mol. The molecule has 0 aliphatic rings. The average Bonchev–Trinajstić information content (AvgIpc) is 2.69. The third kappa shape index (κ3) is 3.19. The molecule has 0 saturated heterocycles. The minimum Gasteiger partial charge on any atom is -0.335 e. The summed E-state index contributed by atoms with van der Waals surface area (Å²) in [6, 6.07) is -0.212. The first-order chi connectivity index (χ1) is 6.97. The van der Waals surface area contributed by atoms with Crippen molar-refractivity contribution in [2.75, 3.05) is 5.88 Å². The molecule has 15 heavy (non-hydrogen) atoms. The van der Waals surface area contributed by atoms with Crippen molar-refractivity contribution in [3.05, 3.63) is 12.5 Å². The quantitative estimate of drug-likeness (QED) is 0.766. The lowest BCUT2D eigenvalue weighted by molar-refractivity contribution is 0.479. The van der Waals surface area contributed by atoms with Crippen molar-refractivity contribution in [1.82, 2.24) is 14.7 Å². The summed E-state index contributed by atoms with van der Waals surface area (Å²) in [5, 5.41) is 0.0659. The molecule has 0 aromatic carbocycles. The topological polar surface area (TPSA) is 74.8 Å². The fraction of sp³-hybridized carbons (Fsp3) is 0.625. The smallest absolute Gasteiger partial charge is 0.257 e.